The summed E-state index contributed by atoms with van der Waals surface area (Å²) in [5, 5.41) is 0. The number of benzene rings is 3. The fourth-order valence-corrected chi connectivity index (χ4v) is 3.24. The molecule has 1 atom stereocenters. The first-order valence-corrected chi connectivity index (χ1v) is 8.69. The molecule has 3 aromatic rings. The van der Waals surface area contributed by atoms with Gasteiger partial charge in [0.05, 0.1) is 5.69 Å². The van der Waals surface area contributed by atoms with E-state index in [4.69, 9.17) is 10.5 Å². The van der Waals surface area contributed by atoms with Crippen molar-refractivity contribution < 1.29 is 9.53 Å². The molecule has 0 aliphatic carbocycles. The second-order valence-corrected chi connectivity index (χ2v) is 6.36. The number of carbonyl (C=O) groups is 1. The maximum Gasteiger partial charge on any atom is 0.272 e. The van der Waals surface area contributed by atoms with Crippen LogP contribution >= 0.6 is 0 Å². The molecule has 1 heterocycles. The maximum absolute atomic E-state index is 13.2. The molecule has 0 aromatic heterocycles. The van der Waals surface area contributed by atoms with E-state index in [1.807, 2.05) is 54.6 Å². The van der Waals surface area contributed by atoms with Crippen LogP contribution in [0.3, 0.4) is 0 Å². The van der Waals surface area contributed by atoms with Crippen LogP contribution in [0, 0.1) is 0 Å². The summed E-state index contributed by atoms with van der Waals surface area (Å²) in [7, 11) is 0. The van der Waals surface area contributed by atoms with Crippen molar-refractivity contribution >= 4 is 17.3 Å². The lowest BCUT2D eigenvalue weighted by Gasteiger charge is -2.34. The van der Waals surface area contributed by atoms with E-state index in [0.717, 1.165) is 17.7 Å². The van der Waals surface area contributed by atoms with Gasteiger partial charge in [-0.3, -0.25) is 4.79 Å². The zero-order valence-electron chi connectivity index (χ0n) is 14.3. The molecule has 130 valence electrons. The lowest BCUT2D eigenvalue weighted by molar-refractivity contribution is -0.126. The Morgan fingerprint density at radius 3 is 2.35 bits per heavy atom. The van der Waals surface area contributed by atoms with Crippen LogP contribution in [-0.4, -0.2) is 12.5 Å². The molecule has 1 amide bonds. The van der Waals surface area contributed by atoms with Crippen molar-refractivity contribution in [2.75, 3.05) is 17.2 Å². The summed E-state index contributed by atoms with van der Waals surface area (Å²) in [5.74, 6) is 0.617. The highest BCUT2D eigenvalue weighted by atomic mass is 16.5. The number of amides is 1. The van der Waals surface area contributed by atoms with E-state index in [1.165, 1.54) is 5.56 Å². The predicted molar refractivity (Wildman–Crippen MR) is 103 cm³/mol. The summed E-state index contributed by atoms with van der Waals surface area (Å²) in [4.78, 5) is 15.0. The molecule has 1 aliphatic heterocycles. The highest BCUT2D eigenvalue weighted by molar-refractivity contribution is 6.01. The van der Waals surface area contributed by atoms with Crippen LogP contribution in [0.25, 0.3) is 0 Å². The summed E-state index contributed by atoms with van der Waals surface area (Å²) >= 11 is 0. The summed E-state index contributed by atoms with van der Waals surface area (Å²) in [6.07, 6.45) is 0.130. The van der Waals surface area contributed by atoms with E-state index in [9.17, 15) is 4.79 Å². The van der Waals surface area contributed by atoms with Crippen LogP contribution in [0.1, 0.15) is 17.2 Å². The van der Waals surface area contributed by atoms with E-state index < -0.39 is 6.10 Å². The molecule has 0 saturated heterocycles. The Morgan fingerprint density at radius 1 is 0.923 bits per heavy atom. The average Bonchev–Trinajstić information content (AvgIpc) is 2.68. The summed E-state index contributed by atoms with van der Waals surface area (Å²) < 4.78 is 6.02. The molecule has 0 spiro atoms. The summed E-state index contributed by atoms with van der Waals surface area (Å²) in [6, 6.07) is 25.2. The molecule has 3 aromatic carbocycles. The summed E-state index contributed by atoms with van der Waals surface area (Å²) in [5.41, 5.74) is 9.34. The second-order valence-electron chi connectivity index (χ2n) is 6.36. The highest BCUT2D eigenvalue weighted by Crippen LogP contribution is 2.40. The quantitative estimate of drug-likeness (QED) is 0.729. The average molecular weight is 344 g/mol. The Kier molecular flexibility index (Phi) is 4.32. The van der Waals surface area contributed by atoms with Gasteiger partial charge < -0.3 is 15.4 Å². The van der Waals surface area contributed by atoms with Crippen molar-refractivity contribution in [3.63, 3.8) is 0 Å². The third-order valence-corrected chi connectivity index (χ3v) is 4.58. The number of ether oxygens (including phenoxy) is 1. The lowest BCUT2D eigenvalue weighted by Crippen LogP contribution is -2.42. The van der Waals surface area contributed by atoms with Gasteiger partial charge in [-0.15, -0.1) is 0 Å². The van der Waals surface area contributed by atoms with Crippen LogP contribution in [0.4, 0.5) is 11.4 Å². The van der Waals surface area contributed by atoms with Gasteiger partial charge in [0.25, 0.3) is 5.91 Å². The van der Waals surface area contributed by atoms with Crippen molar-refractivity contribution in [1.82, 2.24) is 0 Å². The van der Waals surface area contributed by atoms with Crippen molar-refractivity contribution in [2.45, 2.75) is 12.5 Å². The monoisotopic (exact) mass is 344 g/mol. The van der Waals surface area contributed by atoms with Gasteiger partial charge in [0, 0.05) is 17.8 Å². The molecule has 4 nitrogen and oxygen atoms in total. The Hall–Kier alpha value is -3.27. The van der Waals surface area contributed by atoms with Gasteiger partial charge in [-0.05, 0) is 30.2 Å². The van der Waals surface area contributed by atoms with E-state index in [0.29, 0.717) is 18.0 Å². The van der Waals surface area contributed by atoms with E-state index in [2.05, 4.69) is 12.1 Å². The van der Waals surface area contributed by atoms with E-state index in [1.54, 1.807) is 17.0 Å². The van der Waals surface area contributed by atoms with Crippen molar-refractivity contribution in [2.24, 2.45) is 0 Å². The molecular weight excluding hydrogens is 324 g/mol. The molecule has 0 saturated carbocycles. The fourth-order valence-electron chi connectivity index (χ4n) is 3.24. The van der Waals surface area contributed by atoms with Gasteiger partial charge in [-0.2, -0.15) is 0 Å². The van der Waals surface area contributed by atoms with Gasteiger partial charge >= 0.3 is 0 Å². The zero-order valence-corrected chi connectivity index (χ0v) is 14.3. The van der Waals surface area contributed by atoms with Crippen molar-refractivity contribution in [1.29, 1.82) is 0 Å². The molecule has 1 unspecified atom stereocenters. The highest BCUT2D eigenvalue weighted by Gasteiger charge is 2.35. The largest absolute Gasteiger partial charge is 0.474 e. The van der Waals surface area contributed by atoms with Gasteiger partial charge in [0.2, 0.25) is 6.10 Å². The summed E-state index contributed by atoms with van der Waals surface area (Å²) in [6.45, 7) is 0.575. The van der Waals surface area contributed by atoms with Crippen LogP contribution in [0.5, 0.6) is 5.75 Å². The van der Waals surface area contributed by atoms with Crippen LogP contribution in [0.15, 0.2) is 78.9 Å². The van der Waals surface area contributed by atoms with Crippen LogP contribution in [0.2, 0.25) is 0 Å². The second kappa shape index (κ2) is 6.92. The molecule has 26 heavy (non-hydrogen) atoms. The van der Waals surface area contributed by atoms with Crippen molar-refractivity contribution in [3.8, 4) is 5.75 Å². The molecule has 1 aliphatic rings. The third-order valence-electron chi connectivity index (χ3n) is 4.58. The first-order chi connectivity index (χ1) is 12.7. The Morgan fingerprint density at radius 2 is 1.62 bits per heavy atom. The lowest BCUT2D eigenvalue weighted by atomic mass is 10.0. The van der Waals surface area contributed by atoms with E-state index in [-0.39, 0.29) is 5.91 Å². The molecule has 0 fully saturated rings. The number of carbonyl (C=O) groups excluding carboxylic acids is 1. The number of hydrogen-bond acceptors (Lipinski definition) is 3. The number of nitrogens with two attached hydrogens (primary N) is 1. The molecule has 4 rings (SSSR count). The topological polar surface area (TPSA) is 55.6 Å². The van der Waals surface area contributed by atoms with Gasteiger partial charge in [0.1, 0.15) is 5.75 Å². The molecule has 0 bridgehead atoms. The van der Waals surface area contributed by atoms with Gasteiger partial charge in [-0.1, -0.05) is 60.7 Å². The van der Waals surface area contributed by atoms with Gasteiger partial charge in [-0.25, -0.2) is 0 Å². The minimum Gasteiger partial charge on any atom is -0.474 e. The normalized spacial score (nSPS) is 16.1. The molecule has 2 N–H and O–H groups in total. The Bertz CT molecular complexity index is 910. The third kappa shape index (κ3) is 3.14. The molecule has 0 radical (unpaired) electrons. The van der Waals surface area contributed by atoms with Crippen LogP contribution < -0.4 is 15.4 Å². The predicted octanol–water partition coefficient (Wildman–Crippen LogP) is 3.98. The zero-order chi connectivity index (χ0) is 17.9. The number of nitrogens with zero attached hydrogens (tertiary/aromatic N) is 1. The minimum atomic E-state index is -0.636. The molecular formula is C22H20N2O2. The first kappa shape index (κ1) is 16.2. The number of nitrogen functional groups attached to an aromatic ring is 1. The standard InChI is InChI=1S/C22H20N2O2/c23-18-11-12-20-19(15-18)24(14-13-16-7-3-1-4-8-16)22(25)21(26-20)17-9-5-2-6-10-17/h1-12,15,21H,13-14,23H2. The molecule has 4 heteroatoms. The smallest absolute Gasteiger partial charge is 0.272 e. The fraction of sp³-hybridized carbons (Fsp3) is 0.136. The first-order valence-electron chi connectivity index (χ1n) is 8.69. The van der Waals surface area contributed by atoms with Crippen LogP contribution in [-0.2, 0) is 11.2 Å². The Labute approximate surface area is 152 Å². The van der Waals surface area contributed by atoms with E-state index >= 15 is 0 Å². The Balaban J connectivity index is 1.67. The number of rotatable bonds is 4. The SMILES string of the molecule is Nc1ccc2c(c1)N(CCc1ccccc1)C(=O)C(c1ccccc1)O2. The maximum atomic E-state index is 13.2. The van der Waals surface area contributed by atoms with Crippen molar-refractivity contribution in [3.05, 3.63) is 90.0 Å². The van der Waals surface area contributed by atoms with Gasteiger partial charge in [0.15, 0.2) is 0 Å². The number of hydrogen-bond donors (Lipinski definition) is 1. The number of anilines is 2. The number of fused-ring (bicyclic) bond motifs is 1. The minimum absolute atomic E-state index is 0.0646.